The van der Waals surface area contributed by atoms with E-state index in [2.05, 4.69) is 4.90 Å². The molecule has 4 nitrogen and oxygen atoms in total. The Labute approximate surface area is 90.5 Å². The van der Waals surface area contributed by atoms with Crippen molar-refractivity contribution >= 4 is 5.97 Å². The number of carbonyl (C=O) groups is 1. The Balaban J connectivity index is 1.84. The zero-order valence-corrected chi connectivity index (χ0v) is 9.33. The van der Waals surface area contributed by atoms with Gasteiger partial charge < -0.3 is 9.47 Å². The molecule has 0 bridgehead atoms. The van der Waals surface area contributed by atoms with Crippen molar-refractivity contribution in [3.63, 3.8) is 0 Å². The van der Waals surface area contributed by atoms with Crippen LogP contribution in [0.5, 0.6) is 0 Å². The molecule has 0 radical (unpaired) electrons. The normalized spacial score (nSPS) is 24.9. The zero-order chi connectivity index (χ0) is 10.7. The molecule has 86 valence electrons. The van der Waals surface area contributed by atoms with E-state index in [1.54, 1.807) is 0 Å². The van der Waals surface area contributed by atoms with Crippen molar-refractivity contribution in [3.8, 4) is 0 Å². The van der Waals surface area contributed by atoms with Gasteiger partial charge in [-0.15, -0.1) is 0 Å². The minimum atomic E-state index is -0.173. The molecule has 0 atom stereocenters. The van der Waals surface area contributed by atoms with Crippen LogP contribution < -0.4 is 0 Å². The summed E-state index contributed by atoms with van der Waals surface area (Å²) < 4.78 is 10.4. The van der Waals surface area contributed by atoms with E-state index in [1.165, 1.54) is 0 Å². The van der Waals surface area contributed by atoms with Gasteiger partial charge in [-0.3, -0.25) is 9.69 Å². The second kappa shape index (κ2) is 4.49. The molecule has 0 spiro atoms. The molecule has 0 aromatic heterocycles. The third kappa shape index (κ3) is 2.49. The summed E-state index contributed by atoms with van der Waals surface area (Å²) in [6.45, 7) is 6.68. The van der Waals surface area contributed by atoms with Crippen LogP contribution in [0.3, 0.4) is 0 Å². The molecule has 2 fully saturated rings. The number of nitrogens with zero attached hydrogens (tertiary/aromatic N) is 1. The average Bonchev–Trinajstić information content (AvgIpc) is 3.01. The molecule has 1 saturated carbocycles. The van der Waals surface area contributed by atoms with E-state index in [0.717, 1.165) is 45.7 Å². The first-order valence-corrected chi connectivity index (χ1v) is 5.74. The van der Waals surface area contributed by atoms with Crippen molar-refractivity contribution in [1.29, 1.82) is 0 Å². The topological polar surface area (TPSA) is 38.8 Å². The zero-order valence-electron chi connectivity index (χ0n) is 9.33. The Hall–Kier alpha value is -0.610. The van der Waals surface area contributed by atoms with E-state index in [1.807, 2.05) is 6.92 Å². The molecular weight excluding hydrogens is 194 g/mol. The summed E-state index contributed by atoms with van der Waals surface area (Å²) >= 11 is 0. The van der Waals surface area contributed by atoms with Crippen LogP contribution in [0.15, 0.2) is 0 Å². The molecule has 0 unspecified atom stereocenters. The molecule has 1 heterocycles. The van der Waals surface area contributed by atoms with E-state index in [0.29, 0.717) is 6.61 Å². The van der Waals surface area contributed by atoms with Crippen LogP contribution in [0.4, 0.5) is 0 Å². The molecule has 0 amide bonds. The van der Waals surface area contributed by atoms with Crippen molar-refractivity contribution < 1.29 is 14.3 Å². The molecule has 2 aliphatic rings. The molecule has 2 rings (SSSR count). The number of hydrogen-bond acceptors (Lipinski definition) is 4. The number of morpholine rings is 1. The highest BCUT2D eigenvalue weighted by Crippen LogP contribution is 2.47. The Bertz CT molecular complexity index is 232. The fourth-order valence-corrected chi connectivity index (χ4v) is 2.05. The summed E-state index contributed by atoms with van der Waals surface area (Å²) in [5.41, 5.74) is -0.173. The first kappa shape index (κ1) is 10.9. The summed E-state index contributed by atoms with van der Waals surface area (Å²) in [5.74, 6) is -0.00325. The van der Waals surface area contributed by atoms with Crippen LogP contribution >= 0.6 is 0 Å². The van der Waals surface area contributed by atoms with Gasteiger partial charge in [-0.25, -0.2) is 0 Å². The fraction of sp³-hybridized carbons (Fsp3) is 0.909. The quantitative estimate of drug-likeness (QED) is 0.643. The molecular formula is C11H19NO3. The van der Waals surface area contributed by atoms with Crippen molar-refractivity contribution in [2.24, 2.45) is 5.41 Å². The standard InChI is InChI=1S/C11H19NO3/c1-2-15-10(13)11(3-4-11)9-12-5-7-14-8-6-12/h2-9H2,1H3. The highest BCUT2D eigenvalue weighted by atomic mass is 16.5. The fourth-order valence-electron chi connectivity index (χ4n) is 2.05. The summed E-state index contributed by atoms with van der Waals surface area (Å²) in [6, 6.07) is 0. The molecule has 0 N–H and O–H groups in total. The van der Waals surface area contributed by atoms with Crippen LogP contribution in [-0.4, -0.2) is 50.3 Å². The lowest BCUT2D eigenvalue weighted by molar-refractivity contribution is -0.151. The Morgan fingerprint density at radius 1 is 1.40 bits per heavy atom. The predicted octanol–water partition coefficient (Wildman–Crippen LogP) is 0.662. The van der Waals surface area contributed by atoms with Gasteiger partial charge in [0, 0.05) is 19.6 Å². The minimum absolute atomic E-state index is 0.00325. The van der Waals surface area contributed by atoms with Crippen LogP contribution in [-0.2, 0) is 14.3 Å². The highest BCUT2D eigenvalue weighted by Gasteiger charge is 2.52. The number of hydrogen-bond donors (Lipinski definition) is 0. The number of ether oxygens (including phenoxy) is 2. The van der Waals surface area contributed by atoms with Gasteiger partial charge in [0.25, 0.3) is 0 Å². The SMILES string of the molecule is CCOC(=O)C1(CN2CCOCC2)CC1. The molecule has 0 aromatic rings. The third-order valence-corrected chi connectivity index (χ3v) is 3.19. The maximum atomic E-state index is 11.7. The van der Waals surface area contributed by atoms with Gasteiger partial charge in [-0.05, 0) is 19.8 Å². The second-order valence-electron chi connectivity index (χ2n) is 4.39. The van der Waals surface area contributed by atoms with Crippen LogP contribution in [0.25, 0.3) is 0 Å². The summed E-state index contributed by atoms with van der Waals surface area (Å²) in [6.07, 6.45) is 1.98. The van der Waals surface area contributed by atoms with E-state index in [4.69, 9.17) is 9.47 Å². The maximum absolute atomic E-state index is 11.7. The van der Waals surface area contributed by atoms with E-state index >= 15 is 0 Å². The molecule has 15 heavy (non-hydrogen) atoms. The van der Waals surface area contributed by atoms with Gasteiger partial charge >= 0.3 is 5.97 Å². The summed E-state index contributed by atoms with van der Waals surface area (Å²) in [4.78, 5) is 14.0. The average molecular weight is 213 g/mol. The van der Waals surface area contributed by atoms with Crippen LogP contribution in [0.2, 0.25) is 0 Å². The number of rotatable bonds is 4. The van der Waals surface area contributed by atoms with E-state index < -0.39 is 0 Å². The lowest BCUT2D eigenvalue weighted by Gasteiger charge is -2.29. The Morgan fingerprint density at radius 3 is 2.60 bits per heavy atom. The van der Waals surface area contributed by atoms with Crippen molar-refractivity contribution in [1.82, 2.24) is 4.90 Å². The van der Waals surface area contributed by atoms with Gasteiger partial charge in [-0.1, -0.05) is 0 Å². The van der Waals surface area contributed by atoms with Crippen LogP contribution in [0, 0.1) is 5.41 Å². The Kier molecular flexibility index (Phi) is 3.26. The Morgan fingerprint density at radius 2 is 2.07 bits per heavy atom. The first-order chi connectivity index (χ1) is 7.27. The van der Waals surface area contributed by atoms with Gasteiger partial charge in [0.2, 0.25) is 0 Å². The van der Waals surface area contributed by atoms with Crippen molar-refractivity contribution in [3.05, 3.63) is 0 Å². The molecule has 4 heteroatoms. The van der Waals surface area contributed by atoms with Gasteiger partial charge in [-0.2, -0.15) is 0 Å². The maximum Gasteiger partial charge on any atom is 0.313 e. The lowest BCUT2D eigenvalue weighted by atomic mass is 10.1. The van der Waals surface area contributed by atoms with Crippen molar-refractivity contribution in [2.75, 3.05) is 39.5 Å². The smallest absolute Gasteiger partial charge is 0.313 e. The van der Waals surface area contributed by atoms with Gasteiger partial charge in [0.15, 0.2) is 0 Å². The largest absolute Gasteiger partial charge is 0.466 e. The van der Waals surface area contributed by atoms with Gasteiger partial charge in [0.1, 0.15) is 0 Å². The first-order valence-electron chi connectivity index (χ1n) is 5.74. The molecule has 0 aromatic carbocycles. The molecule has 1 saturated heterocycles. The summed E-state index contributed by atoms with van der Waals surface area (Å²) in [5, 5.41) is 0. The minimum Gasteiger partial charge on any atom is -0.466 e. The summed E-state index contributed by atoms with van der Waals surface area (Å²) in [7, 11) is 0. The van der Waals surface area contributed by atoms with E-state index in [-0.39, 0.29) is 11.4 Å². The van der Waals surface area contributed by atoms with Crippen molar-refractivity contribution in [2.45, 2.75) is 19.8 Å². The van der Waals surface area contributed by atoms with Gasteiger partial charge in [0.05, 0.1) is 25.2 Å². The lowest BCUT2D eigenvalue weighted by Crippen LogP contribution is -2.42. The monoisotopic (exact) mass is 213 g/mol. The molecule has 1 aliphatic heterocycles. The number of carbonyl (C=O) groups excluding carboxylic acids is 1. The predicted molar refractivity (Wildman–Crippen MR) is 55.6 cm³/mol. The van der Waals surface area contributed by atoms with E-state index in [9.17, 15) is 4.79 Å². The highest BCUT2D eigenvalue weighted by molar-refractivity contribution is 5.80. The third-order valence-electron chi connectivity index (χ3n) is 3.19. The second-order valence-corrected chi connectivity index (χ2v) is 4.39. The molecule has 1 aliphatic carbocycles. The van der Waals surface area contributed by atoms with Crippen LogP contribution in [0.1, 0.15) is 19.8 Å². The number of esters is 1.